The van der Waals surface area contributed by atoms with Gasteiger partial charge in [-0.05, 0) is 23.6 Å². The third kappa shape index (κ3) is 5.53. The first-order valence-corrected chi connectivity index (χ1v) is 9.58. The van der Waals surface area contributed by atoms with Crippen molar-refractivity contribution in [3.63, 3.8) is 0 Å². The highest BCUT2D eigenvalue weighted by Crippen LogP contribution is 2.62. The molecule has 0 saturated heterocycles. The Labute approximate surface area is 197 Å². The van der Waals surface area contributed by atoms with Crippen LogP contribution >= 0.6 is 0 Å². The molecule has 2 nitrogen and oxygen atoms in total. The van der Waals surface area contributed by atoms with E-state index in [4.69, 9.17) is 4.74 Å². The lowest BCUT2D eigenvalue weighted by Gasteiger charge is -2.42. The van der Waals surface area contributed by atoms with Crippen LogP contribution in [0.5, 0.6) is 5.75 Å². The van der Waals surface area contributed by atoms with Gasteiger partial charge in [-0.15, -0.1) is 0 Å². The second-order valence-corrected chi connectivity index (χ2v) is 8.27. The maximum atomic E-state index is 14.2. The summed E-state index contributed by atoms with van der Waals surface area (Å²) in [4.78, 5) is 0. The van der Waals surface area contributed by atoms with Gasteiger partial charge in [-0.2, -0.15) is 70.2 Å². The molecule has 0 radical (unpaired) electrons. The number of benzene rings is 1. The van der Waals surface area contributed by atoms with Crippen molar-refractivity contribution in [1.29, 1.82) is 0 Å². The standard InChI is InChI=1S/C19H16F16O2/c1-9(2)7-37-11-5-3-4-10(6-11)12(36,18(30,31)32)8-13(20,21)14(22,23)15(24,25)16(26,27)17(28,29)19(33,34)35/h3-6,9,36H,7-8H2,1-2H3. The minimum absolute atomic E-state index is 0.161. The van der Waals surface area contributed by atoms with Gasteiger partial charge in [0.25, 0.3) is 0 Å². The molecule has 216 valence electrons. The number of rotatable bonds is 10. The van der Waals surface area contributed by atoms with Crippen molar-refractivity contribution < 1.29 is 80.1 Å². The van der Waals surface area contributed by atoms with Crippen LogP contribution in [0.25, 0.3) is 0 Å². The lowest BCUT2D eigenvalue weighted by Crippen LogP contribution is -2.70. The average molecular weight is 580 g/mol. The van der Waals surface area contributed by atoms with Crippen LogP contribution in [0.15, 0.2) is 24.3 Å². The Hall–Kier alpha value is -2.14. The summed E-state index contributed by atoms with van der Waals surface area (Å²) >= 11 is 0. The zero-order valence-corrected chi connectivity index (χ0v) is 18.2. The van der Waals surface area contributed by atoms with Gasteiger partial charge in [-0.1, -0.05) is 26.0 Å². The van der Waals surface area contributed by atoms with Crippen molar-refractivity contribution in [2.45, 2.75) is 67.8 Å². The van der Waals surface area contributed by atoms with Crippen LogP contribution in [-0.4, -0.2) is 53.7 Å². The molecule has 0 fully saturated rings. The number of aliphatic hydroxyl groups is 1. The highest BCUT2D eigenvalue weighted by molar-refractivity contribution is 5.34. The molecule has 0 saturated carbocycles. The maximum Gasteiger partial charge on any atom is 0.460 e. The first-order valence-electron chi connectivity index (χ1n) is 9.58. The smallest absolute Gasteiger partial charge is 0.460 e. The molecule has 0 aromatic heterocycles. The van der Waals surface area contributed by atoms with E-state index in [1.54, 1.807) is 0 Å². The summed E-state index contributed by atoms with van der Waals surface area (Å²) < 4.78 is 218. The molecule has 0 aliphatic heterocycles. The number of hydrogen-bond acceptors (Lipinski definition) is 2. The first-order chi connectivity index (χ1) is 16.1. The van der Waals surface area contributed by atoms with E-state index in [9.17, 15) is 75.4 Å². The van der Waals surface area contributed by atoms with E-state index >= 15 is 0 Å². The molecular formula is C19H16F16O2. The van der Waals surface area contributed by atoms with Gasteiger partial charge in [-0.25, -0.2) is 0 Å². The molecule has 0 aliphatic carbocycles. The average Bonchev–Trinajstić information content (AvgIpc) is 2.69. The minimum Gasteiger partial charge on any atom is -0.493 e. The molecule has 0 bridgehead atoms. The molecule has 1 N–H and O–H groups in total. The van der Waals surface area contributed by atoms with Crippen molar-refractivity contribution in [3.05, 3.63) is 29.8 Å². The van der Waals surface area contributed by atoms with Crippen molar-refractivity contribution in [2.24, 2.45) is 5.92 Å². The van der Waals surface area contributed by atoms with E-state index in [2.05, 4.69) is 0 Å². The maximum absolute atomic E-state index is 14.2. The topological polar surface area (TPSA) is 29.5 Å². The van der Waals surface area contributed by atoms with Gasteiger partial charge in [0.15, 0.2) is 5.60 Å². The summed E-state index contributed by atoms with van der Waals surface area (Å²) in [7, 11) is 0. The number of alkyl halides is 16. The molecule has 18 heteroatoms. The second-order valence-electron chi connectivity index (χ2n) is 8.27. The molecule has 0 amide bonds. The molecule has 1 atom stereocenters. The van der Waals surface area contributed by atoms with Crippen molar-refractivity contribution in [3.8, 4) is 5.75 Å². The predicted octanol–water partition coefficient (Wildman–Crippen LogP) is 7.60. The van der Waals surface area contributed by atoms with Crippen LogP contribution < -0.4 is 4.74 Å². The van der Waals surface area contributed by atoms with Gasteiger partial charge in [0, 0.05) is 0 Å². The Kier molecular flexibility index (Phi) is 8.49. The molecule has 1 aromatic rings. The van der Waals surface area contributed by atoms with Gasteiger partial charge in [-0.3, -0.25) is 0 Å². The molecule has 0 aliphatic rings. The molecule has 37 heavy (non-hydrogen) atoms. The number of halogens is 16. The Bertz CT molecular complexity index is 935. The summed E-state index contributed by atoms with van der Waals surface area (Å²) in [6.45, 7) is 2.85. The third-order valence-electron chi connectivity index (χ3n) is 4.84. The van der Waals surface area contributed by atoms with Gasteiger partial charge < -0.3 is 9.84 Å². The third-order valence-corrected chi connectivity index (χ3v) is 4.84. The monoisotopic (exact) mass is 580 g/mol. The Morgan fingerprint density at radius 3 is 1.54 bits per heavy atom. The fraction of sp³-hybridized carbons (Fsp3) is 0.684. The second kappa shape index (κ2) is 9.55. The van der Waals surface area contributed by atoms with E-state index in [1.807, 2.05) is 0 Å². The van der Waals surface area contributed by atoms with Crippen LogP contribution in [0.4, 0.5) is 70.2 Å². The zero-order chi connectivity index (χ0) is 29.7. The van der Waals surface area contributed by atoms with E-state index in [-0.39, 0.29) is 24.7 Å². The van der Waals surface area contributed by atoms with Gasteiger partial charge in [0.1, 0.15) is 5.75 Å². The van der Waals surface area contributed by atoms with Crippen LogP contribution in [-0.2, 0) is 5.60 Å². The van der Waals surface area contributed by atoms with Crippen molar-refractivity contribution in [2.75, 3.05) is 6.61 Å². The van der Waals surface area contributed by atoms with Gasteiger partial charge in [0.05, 0.1) is 13.0 Å². The summed E-state index contributed by atoms with van der Waals surface area (Å²) in [5, 5.41) is 9.92. The van der Waals surface area contributed by atoms with E-state index < -0.39 is 65.3 Å². The Morgan fingerprint density at radius 2 is 1.14 bits per heavy atom. The highest BCUT2D eigenvalue weighted by atomic mass is 19.4. The summed E-state index contributed by atoms with van der Waals surface area (Å²) in [5.74, 6) is -40.7. The minimum atomic E-state index is -8.29. The Morgan fingerprint density at radius 1 is 0.676 bits per heavy atom. The van der Waals surface area contributed by atoms with E-state index in [1.165, 1.54) is 13.8 Å². The van der Waals surface area contributed by atoms with Gasteiger partial charge in [0.2, 0.25) is 0 Å². The van der Waals surface area contributed by atoms with Crippen molar-refractivity contribution in [1.82, 2.24) is 0 Å². The SMILES string of the molecule is CC(C)COc1cccc(C(O)(CC(F)(F)C(F)(F)C(F)(F)C(F)(F)C(F)(F)C(F)(F)F)C(F)(F)F)c1. The van der Waals surface area contributed by atoms with Crippen molar-refractivity contribution >= 4 is 0 Å². The van der Waals surface area contributed by atoms with Crippen LogP contribution in [0, 0.1) is 5.92 Å². The number of ether oxygens (including phenoxy) is 1. The predicted molar refractivity (Wildman–Crippen MR) is 92.1 cm³/mol. The summed E-state index contributed by atoms with van der Waals surface area (Å²) in [6.07, 6.45) is -18.0. The van der Waals surface area contributed by atoms with Crippen LogP contribution in [0.3, 0.4) is 0 Å². The largest absolute Gasteiger partial charge is 0.493 e. The van der Waals surface area contributed by atoms with E-state index in [0.717, 1.165) is 6.07 Å². The molecular weight excluding hydrogens is 564 g/mol. The molecule has 0 spiro atoms. The van der Waals surface area contributed by atoms with Gasteiger partial charge >= 0.3 is 42.0 Å². The fourth-order valence-corrected chi connectivity index (χ4v) is 2.71. The lowest BCUT2D eigenvalue weighted by molar-refractivity contribution is -0.443. The Balaban J connectivity index is 3.65. The fourth-order valence-electron chi connectivity index (χ4n) is 2.71. The molecule has 1 rings (SSSR count). The molecule has 1 aromatic carbocycles. The van der Waals surface area contributed by atoms with Crippen LogP contribution in [0.2, 0.25) is 0 Å². The first kappa shape index (κ1) is 32.9. The normalized spacial score (nSPS) is 16.6. The zero-order valence-electron chi connectivity index (χ0n) is 18.2. The number of hydrogen-bond donors (Lipinski definition) is 1. The summed E-state index contributed by atoms with van der Waals surface area (Å²) in [6, 6.07) is 1.83. The highest BCUT2D eigenvalue weighted by Gasteiger charge is 2.91. The van der Waals surface area contributed by atoms with Crippen LogP contribution in [0.1, 0.15) is 25.8 Å². The molecule has 0 heterocycles. The summed E-state index contributed by atoms with van der Waals surface area (Å²) in [5.41, 5.74) is -7.00. The lowest BCUT2D eigenvalue weighted by atomic mass is 9.82. The quantitative estimate of drug-likeness (QED) is 0.289. The molecule has 1 unspecified atom stereocenters. The van der Waals surface area contributed by atoms with E-state index in [0.29, 0.717) is 6.07 Å².